The maximum absolute atomic E-state index is 12.0. The van der Waals surface area contributed by atoms with Gasteiger partial charge in [-0.1, -0.05) is 35.3 Å². The van der Waals surface area contributed by atoms with Gasteiger partial charge in [0.1, 0.15) is 0 Å². The monoisotopic (exact) mass is 337 g/mol. The number of halogens is 2. The fourth-order valence-electron chi connectivity index (χ4n) is 1.77. The SMILES string of the molecule is CC(=O)Nc1cccc(NC(=O)Nc2c(Cl)cccc2Cl)c1. The molecule has 0 atom stereocenters. The van der Waals surface area contributed by atoms with Gasteiger partial charge in [0, 0.05) is 18.3 Å². The van der Waals surface area contributed by atoms with E-state index in [0.29, 0.717) is 27.1 Å². The van der Waals surface area contributed by atoms with E-state index in [1.54, 1.807) is 42.5 Å². The molecular formula is C15H13Cl2N3O2. The lowest BCUT2D eigenvalue weighted by molar-refractivity contribution is -0.114. The molecule has 0 saturated heterocycles. The summed E-state index contributed by atoms with van der Waals surface area (Å²) in [6.45, 7) is 1.41. The van der Waals surface area contributed by atoms with Crippen molar-refractivity contribution in [1.82, 2.24) is 0 Å². The third kappa shape index (κ3) is 4.38. The summed E-state index contributed by atoms with van der Waals surface area (Å²) in [6, 6.07) is 11.2. The van der Waals surface area contributed by atoms with Gasteiger partial charge in [-0.2, -0.15) is 0 Å². The molecule has 2 aromatic rings. The van der Waals surface area contributed by atoms with Gasteiger partial charge in [0.05, 0.1) is 15.7 Å². The van der Waals surface area contributed by atoms with Gasteiger partial charge < -0.3 is 16.0 Å². The van der Waals surface area contributed by atoms with E-state index in [1.807, 2.05) is 0 Å². The summed E-state index contributed by atoms with van der Waals surface area (Å²) in [5.41, 5.74) is 1.44. The average molecular weight is 338 g/mol. The van der Waals surface area contributed by atoms with Crippen LogP contribution in [0.3, 0.4) is 0 Å². The third-order valence-electron chi connectivity index (χ3n) is 2.64. The normalized spacial score (nSPS) is 9.95. The van der Waals surface area contributed by atoms with Gasteiger partial charge in [-0.3, -0.25) is 4.79 Å². The van der Waals surface area contributed by atoms with Crippen molar-refractivity contribution in [3.63, 3.8) is 0 Å². The first-order valence-electron chi connectivity index (χ1n) is 6.35. The van der Waals surface area contributed by atoms with E-state index in [2.05, 4.69) is 16.0 Å². The molecule has 0 aliphatic carbocycles. The molecule has 3 amide bonds. The van der Waals surface area contributed by atoms with E-state index in [4.69, 9.17) is 23.2 Å². The standard InChI is InChI=1S/C15H13Cl2N3O2/c1-9(21)18-10-4-2-5-11(8-10)19-15(22)20-14-12(16)6-3-7-13(14)17/h2-8H,1H3,(H,18,21)(H2,19,20,22). The van der Waals surface area contributed by atoms with Crippen LogP contribution in [0.1, 0.15) is 6.92 Å². The van der Waals surface area contributed by atoms with Gasteiger partial charge in [0.15, 0.2) is 0 Å². The van der Waals surface area contributed by atoms with Crippen LogP contribution < -0.4 is 16.0 Å². The molecule has 0 aliphatic rings. The number of urea groups is 1. The molecule has 7 heteroatoms. The van der Waals surface area contributed by atoms with E-state index in [0.717, 1.165) is 0 Å². The van der Waals surface area contributed by atoms with Crippen LogP contribution in [0.2, 0.25) is 10.0 Å². The zero-order valence-electron chi connectivity index (χ0n) is 11.6. The molecule has 0 saturated carbocycles. The Morgan fingerprint density at radius 1 is 0.864 bits per heavy atom. The van der Waals surface area contributed by atoms with Gasteiger partial charge in [-0.05, 0) is 30.3 Å². The molecule has 0 spiro atoms. The Labute approximate surface area is 137 Å². The minimum absolute atomic E-state index is 0.190. The number of hydrogen-bond acceptors (Lipinski definition) is 2. The van der Waals surface area contributed by atoms with E-state index in [-0.39, 0.29) is 5.91 Å². The van der Waals surface area contributed by atoms with Crippen molar-refractivity contribution < 1.29 is 9.59 Å². The first-order valence-corrected chi connectivity index (χ1v) is 7.11. The zero-order chi connectivity index (χ0) is 16.1. The van der Waals surface area contributed by atoms with Gasteiger partial charge >= 0.3 is 6.03 Å². The third-order valence-corrected chi connectivity index (χ3v) is 3.27. The predicted molar refractivity (Wildman–Crippen MR) is 89.8 cm³/mol. The maximum Gasteiger partial charge on any atom is 0.323 e. The Balaban J connectivity index is 2.08. The second-order valence-corrected chi connectivity index (χ2v) is 5.25. The molecule has 0 unspecified atom stereocenters. The molecular weight excluding hydrogens is 325 g/mol. The van der Waals surface area contributed by atoms with Crippen LogP contribution in [0.15, 0.2) is 42.5 Å². The lowest BCUT2D eigenvalue weighted by Gasteiger charge is -2.11. The fourth-order valence-corrected chi connectivity index (χ4v) is 2.26. The van der Waals surface area contributed by atoms with Crippen molar-refractivity contribution in [3.05, 3.63) is 52.5 Å². The molecule has 22 heavy (non-hydrogen) atoms. The lowest BCUT2D eigenvalue weighted by Crippen LogP contribution is -2.20. The van der Waals surface area contributed by atoms with E-state index >= 15 is 0 Å². The summed E-state index contributed by atoms with van der Waals surface area (Å²) in [4.78, 5) is 23.0. The number of carbonyl (C=O) groups excluding carboxylic acids is 2. The van der Waals surface area contributed by atoms with Crippen LogP contribution in [-0.4, -0.2) is 11.9 Å². The fraction of sp³-hybridized carbons (Fsp3) is 0.0667. The number of rotatable bonds is 3. The molecule has 114 valence electrons. The molecule has 3 N–H and O–H groups in total. The number of benzene rings is 2. The van der Waals surface area contributed by atoms with Crippen LogP contribution in [0, 0.1) is 0 Å². The molecule has 0 bridgehead atoms. The van der Waals surface area contributed by atoms with Crippen LogP contribution in [0.5, 0.6) is 0 Å². The van der Waals surface area contributed by atoms with E-state index in [1.165, 1.54) is 6.92 Å². The molecule has 0 aromatic heterocycles. The molecule has 5 nitrogen and oxygen atoms in total. The summed E-state index contributed by atoms with van der Waals surface area (Å²) in [5.74, 6) is -0.190. The molecule has 2 rings (SSSR count). The first-order chi connectivity index (χ1) is 10.5. The van der Waals surface area contributed by atoms with E-state index in [9.17, 15) is 9.59 Å². The number of nitrogens with one attached hydrogen (secondary N) is 3. The number of amides is 3. The van der Waals surface area contributed by atoms with Crippen molar-refractivity contribution in [2.75, 3.05) is 16.0 Å². The second-order valence-electron chi connectivity index (χ2n) is 4.44. The van der Waals surface area contributed by atoms with Gasteiger partial charge in [0.2, 0.25) is 5.91 Å². The first kappa shape index (κ1) is 16.1. The minimum atomic E-state index is -0.491. The Morgan fingerprint density at radius 3 is 2.00 bits per heavy atom. The summed E-state index contributed by atoms with van der Waals surface area (Å²) >= 11 is 12.0. The predicted octanol–water partition coefficient (Wildman–Crippen LogP) is 4.60. The smallest absolute Gasteiger partial charge is 0.323 e. The topological polar surface area (TPSA) is 70.2 Å². The average Bonchev–Trinajstić information content (AvgIpc) is 2.42. The largest absolute Gasteiger partial charge is 0.326 e. The zero-order valence-corrected chi connectivity index (χ0v) is 13.1. The van der Waals surface area contributed by atoms with Crippen molar-refractivity contribution in [2.24, 2.45) is 0 Å². The summed E-state index contributed by atoms with van der Waals surface area (Å²) < 4.78 is 0. The Kier molecular flexibility index (Phi) is 5.25. The molecule has 0 fully saturated rings. The van der Waals surface area contributed by atoms with Crippen LogP contribution in [-0.2, 0) is 4.79 Å². The Morgan fingerprint density at radius 2 is 1.41 bits per heavy atom. The summed E-state index contributed by atoms with van der Waals surface area (Å²) in [5, 5.41) is 8.54. The lowest BCUT2D eigenvalue weighted by atomic mass is 10.2. The molecule has 0 radical (unpaired) electrons. The summed E-state index contributed by atoms with van der Waals surface area (Å²) in [6.07, 6.45) is 0. The highest BCUT2D eigenvalue weighted by molar-refractivity contribution is 6.39. The van der Waals surface area contributed by atoms with Gasteiger partial charge in [0.25, 0.3) is 0 Å². The summed E-state index contributed by atoms with van der Waals surface area (Å²) in [7, 11) is 0. The van der Waals surface area contributed by atoms with Crippen molar-refractivity contribution in [3.8, 4) is 0 Å². The quantitative estimate of drug-likeness (QED) is 0.766. The molecule has 0 heterocycles. The van der Waals surface area contributed by atoms with Crippen LogP contribution >= 0.6 is 23.2 Å². The Hall–Kier alpha value is -2.24. The van der Waals surface area contributed by atoms with Gasteiger partial charge in [-0.15, -0.1) is 0 Å². The number of carbonyl (C=O) groups is 2. The highest BCUT2D eigenvalue weighted by Crippen LogP contribution is 2.29. The number of anilines is 3. The number of para-hydroxylation sites is 1. The van der Waals surface area contributed by atoms with E-state index < -0.39 is 6.03 Å². The van der Waals surface area contributed by atoms with Gasteiger partial charge in [-0.25, -0.2) is 4.79 Å². The number of hydrogen-bond donors (Lipinski definition) is 3. The van der Waals surface area contributed by atoms with Crippen molar-refractivity contribution in [2.45, 2.75) is 6.92 Å². The highest BCUT2D eigenvalue weighted by atomic mass is 35.5. The molecule has 0 aliphatic heterocycles. The second kappa shape index (κ2) is 7.15. The molecule has 2 aromatic carbocycles. The van der Waals surface area contributed by atoms with Crippen molar-refractivity contribution in [1.29, 1.82) is 0 Å². The highest BCUT2D eigenvalue weighted by Gasteiger charge is 2.09. The maximum atomic E-state index is 12.0. The Bertz CT molecular complexity index is 699. The minimum Gasteiger partial charge on any atom is -0.326 e. The van der Waals surface area contributed by atoms with Crippen molar-refractivity contribution >= 4 is 52.2 Å². The van der Waals surface area contributed by atoms with Crippen LogP contribution in [0.4, 0.5) is 21.9 Å². The van der Waals surface area contributed by atoms with Crippen LogP contribution in [0.25, 0.3) is 0 Å².